The highest BCUT2D eigenvalue weighted by Crippen LogP contribution is 2.21. The molecule has 0 saturated heterocycles. The Morgan fingerprint density at radius 2 is 1.65 bits per heavy atom. The van der Waals surface area contributed by atoms with Crippen molar-refractivity contribution in [2.75, 3.05) is 7.05 Å². The molecule has 3 aromatic rings. The van der Waals surface area contributed by atoms with Gasteiger partial charge in [-0.05, 0) is 39.8 Å². The fraction of sp³-hybridized carbons (Fsp3) is 0.350. The molecule has 6 nitrogen and oxygen atoms in total. The standard InChI is InChI=1S/C20H25N5O/c1-13-18(15(3)24(6)21-13)12-23(5)20(26)19-14(2)22-25(16(19)4)17-10-8-7-9-11-17/h7-11H,12H2,1-6H3. The van der Waals surface area contributed by atoms with Gasteiger partial charge in [-0.25, -0.2) is 4.68 Å². The third kappa shape index (κ3) is 3.03. The van der Waals surface area contributed by atoms with Crippen molar-refractivity contribution in [2.45, 2.75) is 34.2 Å². The van der Waals surface area contributed by atoms with Crippen LogP contribution in [0.3, 0.4) is 0 Å². The first-order valence-corrected chi connectivity index (χ1v) is 8.67. The summed E-state index contributed by atoms with van der Waals surface area (Å²) in [6.45, 7) is 8.35. The maximum absolute atomic E-state index is 13.1. The molecule has 0 aliphatic heterocycles. The van der Waals surface area contributed by atoms with Gasteiger partial charge in [0.2, 0.25) is 0 Å². The summed E-state index contributed by atoms with van der Waals surface area (Å²) in [7, 11) is 3.75. The van der Waals surface area contributed by atoms with Crippen LogP contribution in [-0.4, -0.2) is 37.4 Å². The second kappa shape index (κ2) is 6.78. The minimum absolute atomic E-state index is 0.0233. The lowest BCUT2D eigenvalue weighted by molar-refractivity contribution is 0.0783. The fourth-order valence-electron chi connectivity index (χ4n) is 3.32. The van der Waals surface area contributed by atoms with E-state index in [4.69, 9.17) is 0 Å². The molecule has 3 rings (SSSR count). The number of amides is 1. The molecule has 0 aliphatic rings. The van der Waals surface area contributed by atoms with Gasteiger partial charge in [0.05, 0.1) is 28.3 Å². The molecule has 1 amide bonds. The third-order valence-electron chi connectivity index (χ3n) is 4.91. The van der Waals surface area contributed by atoms with E-state index in [1.165, 1.54) is 0 Å². The molecular formula is C20H25N5O. The minimum atomic E-state index is -0.0233. The first-order valence-electron chi connectivity index (χ1n) is 8.67. The van der Waals surface area contributed by atoms with Crippen molar-refractivity contribution >= 4 is 5.91 Å². The molecule has 26 heavy (non-hydrogen) atoms. The van der Waals surface area contributed by atoms with E-state index in [1.54, 1.807) is 4.90 Å². The van der Waals surface area contributed by atoms with Crippen LogP contribution in [0, 0.1) is 27.7 Å². The van der Waals surface area contributed by atoms with Gasteiger partial charge in [0.25, 0.3) is 5.91 Å². The molecule has 0 N–H and O–H groups in total. The smallest absolute Gasteiger partial charge is 0.257 e. The first-order chi connectivity index (χ1) is 12.3. The second-order valence-electron chi connectivity index (χ2n) is 6.73. The van der Waals surface area contributed by atoms with Crippen molar-refractivity contribution < 1.29 is 4.79 Å². The average molecular weight is 351 g/mol. The summed E-state index contributed by atoms with van der Waals surface area (Å²) in [5.41, 5.74) is 6.33. The fourth-order valence-corrected chi connectivity index (χ4v) is 3.32. The van der Waals surface area contributed by atoms with Crippen molar-refractivity contribution in [3.63, 3.8) is 0 Å². The van der Waals surface area contributed by atoms with E-state index in [0.717, 1.165) is 34.0 Å². The van der Waals surface area contributed by atoms with Crippen LogP contribution in [0.15, 0.2) is 30.3 Å². The molecule has 0 radical (unpaired) electrons. The maximum Gasteiger partial charge on any atom is 0.257 e. The van der Waals surface area contributed by atoms with E-state index in [1.807, 2.05) is 81.5 Å². The van der Waals surface area contributed by atoms with Gasteiger partial charge >= 0.3 is 0 Å². The largest absolute Gasteiger partial charge is 0.337 e. The van der Waals surface area contributed by atoms with Gasteiger partial charge in [0.1, 0.15) is 0 Å². The van der Waals surface area contributed by atoms with Crippen LogP contribution in [-0.2, 0) is 13.6 Å². The SMILES string of the molecule is Cc1nn(C)c(C)c1CN(C)C(=O)c1c(C)nn(-c2ccccc2)c1C. The Morgan fingerprint density at radius 3 is 2.23 bits per heavy atom. The zero-order chi connectivity index (χ0) is 19.0. The summed E-state index contributed by atoms with van der Waals surface area (Å²) in [6.07, 6.45) is 0. The number of aryl methyl sites for hydroxylation is 3. The van der Waals surface area contributed by atoms with Crippen LogP contribution in [0.1, 0.15) is 38.7 Å². The number of carbonyl (C=O) groups is 1. The molecule has 0 bridgehead atoms. The number of benzene rings is 1. The van der Waals surface area contributed by atoms with Crippen LogP contribution in [0.25, 0.3) is 5.69 Å². The van der Waals surface area contributed by atoms with Gasteiger partial charge < -0.3 is 4.90 Å². The van der Waals surface area contributed by atoms with Gasteiger partial charge in [-0.1, -0.05) is 18.2 Å². The first kappa shape index (κ1) is 17.9. The summed E-state index contributed by atoms with van der Waals surface area (Å²) in [6, 6.07) is 9.87. The van der Waals surface area contributed by atoms with E-state index in [-0.39, 0.29) is 5.91 Å². The van der Waals surface area contributed by atoms with Crippen molar-refractivity contribution in [3.05, 3.63) is 64.2 Å². The lowest BCUT2D eigenvalue weighted by Gasteiger charge is -2.18. The molecule has 0 saturated carbocycles. The van der Waals surface area contributed by atoms with Gasteiger partial charge in [-0.3, -0.25) is 9.48 Å². The lowest BCUT2D eigenvalue weighted by Crippen LogP contribution is -2.27. The van der Waals surface area contributed by atoms with E-state index >= 15 is 0 Å². The number of nitrogens with zero attached hydrogens (tertiary/aromatic N) is 5. The van der Waals surface area contributed by atoms with Gasteiger partial charge in [0, 0.05) is 31.9 Å². The summed E-state index contributed by atoms with van der Waals surface area (Å²) in [5.74, 6) is -0.0233. The molecule has 6 heteroatoms. The molecule has 136 valence electrons. The average Bonchev–Trinajstić information content (AvgIpc) is 3.04. The summed E-state index contributed by atoms with van der Waals surface area (Å²) in [5, 5.41) is 9.02. The van der Waals surface area contributed by atoms with Gasteiger partial charge in [-0.15, -0.1) is 0 Å². The third-order valence-corrected chi connectivity index (χ3v) is 4.91. The van der Waals surface area contributed by atoms with E-state index in [0.29, 0.717) is 12.1 Å². The van der Waals surface area contributed by atoms with Crippen LogP contribution in [0.5, 0.6) is 0 Å². The lowest BCUT2D eigenvalue weighted by atomic mass is 10.1. The van der Waals surface area contributed by atoms with Crippen molar-refractivity contribution in [1.82, 2.24) is 24.5 Å². The molecule has 0 atom stereocenters. The van der Waals surface area contributed by atoms with Crippen LogP contribution in [0.2, 0.25) is 0 Å². The molecule has 1 aromatic carbocycles. The molecule has 2 aromatic heterocycles. The van der Waals surface area contributed by atoms with E-state index in [2.05, 4.69) is 10.2 Å². The molecule has 0 spiro atoms. The monoisotopic (exact) mass is 351 g/mol. The molecule has 0 unspecified atom stereocenters. The highest BCUT2D eigenvalue weighted by atomic mass is 16.2. The van der Waals surface area contributed by atoms with Crippen LogP contribution >= 0.6 is 0 Å². The second-order valence-corrected chi connectivity index (χ2v) is 6.73. The van der Waals surface area contributed by atoms with Crippen molar-refractivity contribution in [3.8, 4) is 5.69 Å². The number of carbonyl (C=O) groups excluding carboxylic acids is 1. The Morgan fingerprint density at radius 1 is 1.00 bits per heavy atom. The normalized spacial score (nSPS) is 11.0. The van der Waals surface area contributed by atoms with E-state index in [9.17, 15) is 4.79 Å². The molecular weight excluding hydrogens is 326 g/mol. The number of rotatable bonds is 4. The van der Waals surface area contributed by atoms with E-state index < -0.39 is 0 Å². The van der Waals surface area contributed by atoms with Crippen molar-refractivity contribution in [1.29, 1.82) is 0 Å². The van der Waals surface area contributed by atoms with Gasteiger partial charge in [-0.2, -0.15) is 10.2 Å². The Labute approximate surface area is 154 Å². The summed E-state index contributed by atoms with van der Waals surface area (Å²) in [4.78, 5) is 14.8. The summed E-state index contributed by atoms with van der Waals surface area (Å²) < 4.78 is 3.68. The Hall–Kier alpha value is -2.89. The minimum Gasteiger partial charge on any atom is -0.337 e. The van der Waals surface area contributed by atoms with Crippen molar-refractivity contribution in [2.24, 2.45) is 7.05 Å². The number of hydrogen-bond donors (Lipinski definition) is 0. The molecule has 0 aliphatic carbocycles. The molecule has 0 fully saturated rings. The topological polar surface area (TPSA) is 56.0 Å². The quantitative estimate of drug-likeness (QED) is 0.726. The van der Waals surface area contributed by atoms with Crippen LogP contribution < -0.4 is 0 Å². The number of hydrogen-bond acceptors (Lipinski definition) is 3. The Kier molecular flexibility index (Phi) is 4.68. The highest BCUT2D eigenvalue weighted by Gasteiger charge is 2.23. The number of para-hydroxylation sites is 1. The predicted molar refractivity (Wildman–Crippen MR) is 102 cm³/mol. The van der Waals surface area contributed by atoms with Crippen LogP contribution in [0.4, 0.5) is 0 Å². The predicted octanol–water partition coefficient (Wildman–Crippen LogP) is 3.11. The number of aromatic nitrogens is 4. The highest BCUT2D eigenvalue weighted by molar-refractivity contribution is 5.96. The maximum atomic E-state index is 13.1. The zero-order valence-electron chi connectivity index (χ0n) is 16.2. The molecule has 2 heterocycles. The Balaban J connectivity index is 1.91. The zero-order valence-corrected chi connectivity index (χ0v) is 16.2. The Bertz CT molecular complexity index is 952. The summed E-state index contributed by atoms with van der Waals surface area (Å²) >= 11 is 0. The van der Waals surface area contributed by atoms with Gasteiger partial charge in [0.15, 0.2) is 0 Å².